The van der Waals surface area contributed by atoms with E-state index in [0.29, 0.717) is 42.5 Å². The van der Waals surface area contributed by atoms with E-state index in [0.717, 1.165) is 39.3 Å². The molecule has 0 aromatic heterocycles. The Morgan fingerprint density at radius 2 is 0.939 bits per heavy atom. The molecule has 1 saturated heterocycles. The molecule has 0 bridgehead atoms. The first kappa shape index (κ1) is 43.4. The Morgan fingerprint density at radius 3 is 1.27 bits per heavy atom. The molecule has 1 aliphatic rings. The van der Waals surface area contributed by atoms with E-state index in [1.54, 1.807) is 0 Å². The minimum absolute atomic E-state index is 0.384. The van der Waals surface area contributed by atoms with Crippen LogP contribution in [0, 0.1) is 0 Å². The summed E-state index contributed by atoms with van der Waals surface area (Å²) in [7, 11) is 4.33. The van der Waals surface area contributed by atoms with Crippen molar-refractivity contribution in [2.75, 3.05) is 46.8 Å². The second-order valence-electron chi connectivity index (χ2n) is 10.2. The molecule has 1 aliphatic heterocycles. The standard InChI is InChI=1S/C22H31N3.3C4H4O4/c1-23(2)14-13-22(21-11-7-4-8-12-21)25-17-15-24(16-18-25)19-20-9-5-3-6-10-20;3*5-3(6)1-2-4(7)8/h3-12,22H,13-19H2,1-2H3;3*1-2H,(H,5,6)(H,7,8)/p-6/b;3*2-1-. The smallest absolute Gasteiger partial charge is 0.0643 e. The summed E-state index contributed by atoms with van der Waals surface area (Å²) >= 11 is 0. The van der Waals surface area contributed by atoms with Gasteiger partial charge in [-0.2, -0.15) is 0 Å². The van der Waals surface area contributed by atoms with Gasteiger partial charge in [0.05, 0.1) is 35.8 Å². The molecule has 1 atom stereocenters. The van der Waals surface area contributed by atoms with E-state index in [1.165, 1.54) is 17.5 Å². The number of carbonyl (C=O) groups excluding carboxylic acids is 6. The van der Waals surface area contributed by atoms with Crippen LogP contribution >= 0.6 is 0 Å². The Labute approximate surface area is 283 Å². The first-order valence-electron chi connectivity index (χ1n) is 14.6. The SMILES string of the molecule is CN(C)CCC(c1ccccc1)N1CCN(Cc2ccccc2)CC1.O=C([O-])/C=C\C(=O)[O-].O=C([O-])/C=C\C(=O)[O-].O=C([O-])/C=C\C(=O)[O-]. The summed E-state index contributed by atoms with van der Waals surface area (Å²) in [5.41, 5.74) is 2.88. The summed E-state index contributed by atoms with van der Waals surface area (Å²) in [6.45, 7) is 6.81. The van der Waals surface area contributed by atoms with E-state index in [-0.39, 0.29) is 0 Å². The van der Waals surface area contributed by atoms with Gasteiger partial charge in [-0.05, 0) is 74.6 Å². The van der Waals surface area contributed by atoms with Crippen molar-refractivity contribution in [1.82, 2.24) is 14.7 Å². The normalized spacial score (nSPS) is 13.7. The van der Waals surface area contributed by atoms with Gasteiger partial charge in [0, 0.05) is 38.8 Å². The van der Waals surface area contributed by atoms with Crippen LogP contribution in [0.2, 0.25) is 0 Å². The number of carbonyl (C=O) groups is 6. The molecule has 0 radical (unpaired) electrons. The summed E-state index contributed by atoms with van der Waals surface area (Å²) in [6.07, 6.45) is 3.50. The molecule has 0 N–H and O–H groups in total. The predicted octanol–water partition coefficient (Wildman–Crippen LogP) is -5.38. The lowest BCUT2D eigenvalue weighted by Crippen LogP contribution is -2.47. The van der Waals surface area contributed by atoms with Crippen molar-refractivity contribution in [3.63, 3.8) is 0 Å². The van der Waals surface area contributed by atoms with Crippen LogP contribution < -0.4 is 30.6 Å². The van der Waals surface area contributed by atoms with Gasteiger partial charge in [-0.1, -0.05) is 60.7 Å². The van der Waals surface area contributed by atoms with Gasteiger partial charge in [-0.3, -0.25) is 9.80 Å². The van der Waals surface area contributed by atoms with Crippen LogP contribution in [0.1, 0.15) is 23.6 Å². The largest absolute Gasteiger partial charge is 0.545 e. The van der Waals surface area contributed by atoms with Gasteiger partial charge in [0.15, 0.2) is 0 Å². The van der Waals surface area contributed by atoms with E-state index in [1.807, 2.05) is 0 Å². The van der Waals surface area contributed by atoms with Crippen molar-refractivity contribution < 1.29 is 59.4 Å². The lowest BCUT2D eigenvalue weighted by atomic mass is 10.0. The van der Waals surface area contributed by atoms with Crippen LogP contribution in [0.4, 0.5) is 0 Å². The minimum atomic E-state index is -1.55. The van der Waals surface area contributed by atoms with Crippen molar-refractivity contribution in [1.29, 1.82) is 0 Å². The molecule has 266 valence electrons. The summed E-state index contributed by atoms with van der Waals surface area (Å²) in [4.78, 5) is 64.0. The quantitative estimate of drug-likeness (QED) is 0.179. The van der Waals surface area contributed by atoms with E-state index in [9.17, 15) is 59.4 Å². The van der Waals surface area contributed by atoms with E-state index in [2.05, 4.69) is 89.5 Å². The highest BCUT2D eigenvalue weighted by molar-refractivity contribution is 5.88. The molecule has 15 nitrogen and oxygen atoms in total. The Kier molecular flexibility index (Phi) is 22.5. The van der Waals surface area contributed by atoms with Crippen LogP contribution in [0.15, 0.2) is 97.1 Å². The molecule has 0 saturated carbocycles. The highest BCUT2D eigenvalue weighted by Gasteiger charge is 2.25. The van der Waals surface area contributed by atoms with E-state index >= 15 is 0 Å². The number of benzene rings is 2. The van der Waals surface area contributed by atoms with E-state index < -0.39 is 35.8 Å². The fraction of sp³-hybridized carbons (Fsp3) is 0.294. The Bertz CT molecular complexity index is 1270. The number of hydrogen-bond acceptors (Lipinski definition) is 15. The molecule has 3 rings (SSSR count). The van der Waals surface area contributed by atoms with Gasteiger partial charge < -0.3 is 64.3 Å². The first-order valence-corrected chi connectivity index (χ1v) is 14.6. The second-order valence-corrected chi connectivity index (χ2v) is 10.2. The number of carboxylic acid groups (broad SMARTS) is 6. The molecule has 1 heterocycles. The summed E-state index contributed by atoms with van der Waals surface area (Å²) in [5, 5.41) is 56.5. The first-order chi connectivity index (χ1) is 23.1. The third-order valence-corrected chi connectivity index (χ3v) is 6.20. The molecule has 0 aliphatic carbocycles. The van der Waals surface area contributed by atoms with Gasteiger partial charge in [0.25, 0.3) is 0 Å². The van der Waals surface area contributed by atoms with Gasteiger partial charge in [0.2, 0.25) is 0 Å². The zero-order valence-electron chi connectivity index (χ0n) is 27.0. The maximum atomic E-state index is 9.41. The van der Waals surface area contributed by atoms with Gasteiger partial charge in [-0.25, -0.2) is 0 Å². The zero-order chi connectivity index (χ0) is 37.2. The Morgan fingerprint density at radius 1 is 0.592 bits per heavy atom. The monoisotopic (exact) mass is 679 g/mol. The van der Waals surface area contributed by atoms with Crippen LogP contribution in [-0.4, -0.2) is 97.3 Å². The maximum absolute atomic E-state index is 9.41. The zero-order valence-corrected chi connectivity index (χ0v) is 27.0. The Hall–Kier alpha value is -5.64. The van der Waals surface area contributed by atoms with Crippen molar-refractivity contribution in [3.8, 4) is 0 Å². The van der Waals surface area contributed by atoms with Crippen LogP contribution in [0.3, 0.4) is 0 Å². The maximum Gasteiger partial charge on any atom is 0.0643 e. The Balaban J connectivity index is 0.000000786. The topological polar surface area (TPSA) is 250 Å². The molecular formula is C34H37N3O12-6. The number of piperazine rings is 1. The summed E-state index contributed by atoms with van der Waals surface area (Å²) < 4.78 is 0. The minimum Gasteiger partial charge on any atom is -0.545 e. The van der Waals surface area contributed by atoms with Crippen LogP contribution in [-0.2, 0) is 35.3 Å². The highest BCUT2D eigenvalue weighted by atomic mass is 16.4. The molecule has 2 aromatic carbocycles. The van der Waals surface area contributed by atoms with Crippen LogP contribution in [0.5, 0.6) is 0 Å². The van der Waals surface area contributed by atoms with Gasteiger partial charge >= 0.3 is 0 Å². The number of carboxylic acids is 6. The number of nitrogens with zero attached hydrogens (tertiary/aromatic N) is 3. The molecule has 1 fully saturated rings. The average molecular weight is 680 g/mol. The fourth-order valence-electron chi connectivity index (χ4n) is 4.10. The second kappa shape index (κ2) is 25.4. The predicted molar refractivity (Wildman–Crippen MR) is 163 cm³/mol. The number of rotatable bonds is 13. The third-order valence-electron chi connectivity index (χ3n) is 6.20. The average Bonchev–Trinajstić information content (AvgIpc) is 3.04. The highest BCUT2D eigenvalue weighted by Crippen LogP contribution is 2.26. The molecule has 0 spiro atoms. The molecule has 2 aromatic rings. The van der Waals surface area contributed by atoms with Crippen molar-refractivity contribution in [2.24, 2.45) is 0 Å². The lowest BCUT2D eigenvalue weighted by molar-refractivity contribution is -0.301. The van der Waals surface area contributed by atoms with Crippen molar-refractivity contribution in [3.05, 3.63) is 108 Å². The molecule has 1 unspecified atom stereocenters. The molecule has 15 heteroatoms. The summed E-state index contributed by atoms with van der Waals surface area (Å²) in [5.74, 6) is -9.28. The van der Waals surface area contributed by atoms with Gasteiger partial charge in [0.1, 0.15) is 0 Å². The van der Waals surface area contributed by atoms with Crippen molar-refractivity contribution in [2.45, 2.75) is 19.0 Å². The molecule has 49 heavy (non-hydrogen) atoms. The number of aliphatic carboxylic acids is 6. The molecule has 0 amide bonds. The third kappa shape index (κ3) is 25.2. The lowest BCUT2D eigenvalue weighted by Gasteiger charge is -2.40. The molecular weight excluding hydrogens is 642 g/mol. The van der Waals surface area contributed by atoms with Crippen LogP contribution in [0.25, 0.3) is 0 Å². The van der Waals surface area contributed by atoms with Crippen molar-refractivity contribution >= 4 is 35.8 Å². The number of hydrogen-bond donors (Lipinski definition) is 0. The van der Waals surface area contributed by atoms with Gasteiger partial charge in [-0.15, -0.1) is 0 Å². The fourth-order valence-corrected chi connectivity index (χ4v) is 4.10. The summed E-state index contributed by atoms with van der Waals surface area (Å²) in [6, 6.07) is 22.4. The van der Waals surface area contributed by atoms with E-state index in [4.69, 9.17) is 0 Å².